The molecule has 0 saturated heterocycles. The number of esters is 1. The van der Waals surface area contributed by atoms with Crippen LogP contribution in [0.4, 0.5) is 5.00 Å². The van der Waals surface area contributed by atoms with E-state index in [1.54, 1.807) is 17.5 Å². The molecular weight excluding hydrogens is 348 g/mol. The third kappa shape index (κ3) is 5.43. The summed E-state index contributed by atoms with van der Waals surface area (Å²) in [6.07, 6.45) is 0.688. The number of anilines is 1. The summed E-state index contributed by atoms with van der Waals surface area (Å²) in [7, 11) is 0. The molecule has 0 saturated carbocycles. The molecule has 0 aliphatic heterocycles. The zero-order valence-corrected chi connectivity index (χ0v) is 13.7. The van der Waals surface area contributed by atoms with Crippen LogP contribution >= 0.6 is 11.3 Å². The van der Waals surface area contributed by atoms with Crippen molar-refractivity contribution in [2.45, 2.75) is 0 Å². The third-order valence-corrected chi connectivity index (χ3v) is 3.75. The van der Waals surface area contributed by atoms with Crippen molar-refractivity contribution in [1.29, 1.82) is 0 Å². The molecule has 0 atom stereocenters. The normalized spacial score (nSPS) is 9.92. The molecule has 8 nitrogen and oxygen atoms in total. The molecule has 0 spiro atoms. The van der Waals surface area contributed by atoms with Crippen molar-refractivity contribution in [1.82, 2.24) is 0 Å². The zero-order chi connectivity index (χ0) is 18.2. The second-order valence-electron chi connectivity index (χ2n) is 4.71. The van der Waals surface area contributed by atoms with Crippen LogP contribution in [0, 0.1) is 0 Å². The van der Waals surface area contributed by atoms with Crippen LogP contribution in [0.1, 0.15) is 20.7 Å². The van der Waals surface area contributed by atoms with Crippen molar-refractivity contribution in [3.05, 3.63) is 46.8 Å². The van der Waals surface area contributed by atoms with Gasteiger partial charge >= 0.3 is 5.97 Å². The number of primary amides is 1. The number of hydrogen-bond donors (Lipinski definition) is 2. The molecule has 1 aromatic heterocycles. The molecule has 2 amide bonds. The number of nitrogens with two attached hydrogens (primary N) is 1. The first-order valence-corrected chi connectivity index (χ1v) is 7.88. The Kier molecular flexibility index (Phi) is 6.24. The Morgan fingerprint density at radius 1 is 1.12 bits per heavy atom. The van der Waals surface area contributed by atoms with Crippen LogP contribution < -0.4 is 15.8 Å². The van der Waals surface area contributed by atoms with Gasteiger partial charge in [-0.05, 0) is 35.7 Å². The predicted molar refractivity (Wildman–Crippen MR) is 89.8 cm³/mol. The van der Waals surface area contributed by atoms with Crippen LogP contribution in [0.15, 0.2) is 35.7 Å². The third-order valence-electron chi connectivity index (χ3n) is 2.92. The summed E-state index contributed by atoms with van der Waals surface area (Å²) in [4.78, 5) is 45.0. The van der Waals surface area contributed by atoms with Gasteiger partial charge in [0.15, 0.2) is 13.2 Å². The van der Waals surface area contributed by atoms with Crippen molar-refractivity contribution < 1.29 is 28.7 Å². The van der Waals surface area contributed by atoms with Gasteiger partial charge in [0, 0.05) is 5.56 Å². The number of nitrogens with one attached hydrogen (secondary N) is 1. The number of rotatable bonds is 8. The van der Waals surface area contributed by atoms with E-state index in [0.29, 0.717) is 22.6 Å². The molecule has 1 aromatic carbocycles. The molecule has 25 heavy (non-hydrogen) atoms. The predicted octanol–water partition coefficient (Wildman–Crippen LogP) is 1.22. The highest BCUT2D eigenvalue weighted by Gasteiger charge is 2.14. The first-order valence-electron chi connectivity index (χ1n) is 7.00. The summed E-state index contributed by atoms with van der Waals surface area (Å²) >= 11 is 1.13. The molecule has 3 N–H and O–H groups in total. The highest BCUT2D eigenvalue weighted by Crippen LogP contribution is 2.22. The molecule has 2 rings (SSSR count). The number of ether oxygens (including phenoxy) is 2. The molecule has 0 unspecified atom stereocenters. The van der Waals surface area contributed by atoms with E-state index in [2.05, 4.69) is 5.32 Å². The van der Waals surface area contributed by atoms with Gasteiger partial charge in [0.2, 0.25) is 0 Å². The standard InChI is InChI=1S/C16H14N2O6S/c17-15(22)12-5-6-25-16(12)18-13(20)8-24-14(21)9-23-11-3-1-10(7-19)2-4-11/h1-7H,8-9H2,(H2,17,22)(H,18,20). The molecular formula is C16H14N2O6S. The lowest BCUT2D eigenvalue weighted by Crippen LogP contribution is -2.24. The number of aldehydes is 1. The Morgan fingerprint density at radius 2 is 1.84 bits per heavy atom. The average molecular weight is 362 g/mol. The topological polar surface area (TPSA) is 125 Å². The monoisotopic (exact) mass is 362 g/mol. The molecule has 0 radical (unpaired) electrons. The van der Waals surface area contributed by atoms with Gasteiger partial charge in [-0.25, -0.2) is 4.79 Å². The van der Waals surface area contributed by atoms with E-state index in [4.69, 9.17) is 15.2 Å². The number of carbonyl (C=O) groups excluding carboxylic acids is 4. The second kappa shape index (κ2) is 8.60. The van der Waals surface area contributed by atoms with Gasteiger partial charge in [-0.15, -0.1) is 11.3 Å². The Balaban J connectivity index is 1.75. The first kappa shape index (κ1) is 18.1. The van der Waals surface area contributed by atoms with Gasteiger partial charge in [0.25, 0.3) is 11.8 Å². The average Bonchev–Trinajstić information content (AvgIpc) is 3.07. The van der Waals surface area contributed by atoms with Gasteiger partial charge in [-0.3, -0.25) is 14.4 Å². The number of hydrogen-bond acceptors (Lipinski definition) is 7. The van der Waals surface area contributed by atoms with Crippen LogP contribution in [-0.2, 0) is 14.3 Å². The fourth-order valence-corrected chi connectivity index (χ4v) is 2.54. The smallest absolute Gasteiger partial charge is 0.344 e. The molecule has 0 fully saturated rings. The van der Waals surface area contributed by atoms with E-state index in [9.17, 15) is 19.2 Å². The van der Waals surface area contributed by atoms with E-state index in [1.807, 2.05) is 0 Å². The maximum absolute atomic E-state index is 11.7. The quantitative estimate of drug-likeness (QED) is 0.537. The summed E-state index contributed by atoms with van der Waals surface area (Å²) < 4.78 is 9.95. The number of thiophene rings is 1. The van der Waals surface area contributed by atoms with E-state index in [1.165, 1.54) is 18.2 Å². The fraction of sp³-hybridized carbons (Fsp3) is 0.125. The number of carbonyl (C=O) groups is 4. The SMILES string of the molecule is NC(=O)c1ccsc1NC(=O)COC(=O)COc1ccc(C=O)cc1. The molecule has 0 bridgehead atoms. The van der Waals surface area contributed by atoms with Crippen LogP contribution in [0.5, 0.6) is 5.75 Å². The molecule has 2 aromatic rings. The Hall–Kier alpha value is -3.20. The first-order chi connectivity index (χ1) is 12.0. The van der Waals surface area contributed by atoms with Crippen molar-refractivity contribution in [3.63, 3.8) is 0 Å². The lowest BCUT2D eigenvalue weighted by molar-refractivity contribution is -0.149. The molecule has 1 heterocycles. The lowest BCUT2D eigenvalue weighted by Gasteiger charge is -2.08. The summed E-state index contributed by atoms with van der Waals surface area (Å²) in [6, 6.07) is 7.63. The van der Waals surface area contributed by atoms with Gasteiger partial charge in [-0.1, -0.05) is 0 Å². The Morgan fingerprint density at radius 3 is 2.48 bits per heavy atom. The minimum Gasteiger partial charge on any atom is -0.482 e. The highest BCUT2D eigenvalue weighted by molar-refractivity contribution is 7.14. The van der Waals surface area contributed by atoms with Gasteiger partial charge in [0.05, 0.1) is 5.56 Å². The van der Waals surface area contributed by atoms with Crippen LogP contribution in [0.3, 0.4) is 0 Å². The Labute approximate surface area is 146 Å². The molecule has 0 aliphatic carbocycles. The maximum Gasteiger partial charge on any atom is 0.344 e. The zero-order valence-electron chi connectivity index (χ0n) is 12.9. The summed E-state index contributed by atoms with van der Waals surface area (Å²) in [5.74, 6) is -1.62. The number of benzene rings is 1. The van der Waals surface area contributed by atoms with Crippen molar-refractivity contribution >= 4 is 40.4 Å². The molecule has 0 aliphatic rings. The second-order valence-corrected chi connectivity index (χ2v) is 5.63. The van der Waals surface area contributed by atoms with Crippen LogP contribution in [0.2, 0.25) is 0 Å². The summed E-state index contributed by atoms with van der Waals surface area (Å²) in [5, 5.41) is 4.34. The highest BCUT2D eigenvalue weighted by atomic mass is 32.1. The van der Waals surface area contributed by atoms with Crippen molar-refractivity contribution in [2.24, 2.45) is 5.73 Å². The van der Waals surface area contributed by atoms with Crippen LogP contribution in [0.25, 0.3) is 0 Å². The van der Waals surface area contributed by atoms with Gasteiger partial charge < -0.3 is 20.5 Å². The lowest BCUT2D eigenvalue weighted by atomic mass is 10.2. The minimum atomic E-state index is -0.740. The van der Waals surface area contributed by atoms with E-state index in [-0.39, 0.29) is 12.2 Å². The summed E-state index contributed by atoms with van der Waals surface area (Å²) in [5.41, 5.74) is 5.83. The van der Waals surface area contributed by atoms with E-state index in [0.717, 1.165) is 11.3 Å². The number of amides is 2. The molecule has 9 heteroatoms. The molecule has 130 valence electrons. The maximum atomic E-state index is 11.7. The Bertz CT molecular complexity index is 784. The minimum absolute atomic E-state index is 0.187. The van der Waals surface area contributed by atoms with Crippen molar-refractivity contribution in [2.75, 3.05) is 18.5 Å². The fourth-order valence-electron chi connectivity index (χ4n) is 1.74. The van der Waals surface area contributed by atoms with E-state index < -0.39 is 24.4 Å². The van der Waals surface area contributed by atoms with Crippen molar-refractivity contribution in [3.8, 4) is 5.75 Å². The van der Waals surface area contributed by atoms with Crippen LogP contribution in [-0.4, -0.2) is 37.3 Å². The largest absolute Gasteiger partial charge is 0.482 e. The van der Waals surface area contributed by atoms with Gasteiger partial charge in [-0.2, -0.15) is 0 Å². The van der Waals surface area contributed by atoms with Gasteiger partial charge in [0.1, 0.15) is 17.0 Å². The summed E-state index contributed by atoms with van der Waals surface area (Å²) in [6.45, 7) is -0.915. The van der Waals surface area contributed by atoms with E-state index >= 15 is 0 Å².